The summed E-state index contributed by atoms with van der Waals surface area (Å²) in [6.45, 7) is 2.62. The van der Waals surface area contributed by atoms with Crippen LogP contribution in [0, 0.1) is 6.92 Å². The number of rotatable bonds is 7. The van der Waals surface area contributed by atoms with Crippen LogP contribution < -0.4 is 14.8 Å². The Balaban J connectivity index is 1.43. The first-order chi connectivity index (χ1) is 14.7. The summed E-state index contributed by atoms with van der Waals surface area (Å²) in [5, 5.41) is 15.7. The minimum atomic E-state index is -0.140. The van der Waals surface area contributed by atoms with Gasteiger partial charge in [-0.3, -0.25) is 4.79 Å². The average molecular weight is 403 g/mol. The van der Waals surface area contributed by atoms with E-state index in [2.05, 4.69) is 20.6 Å². The molecule has 2 aromatic carbocycles. The Morgan fingerprint density at radius 3 is 2.63 bits per heavy atom. The summed E-state index contributed by atoms with van der Waals surface area (Å²) in [5.74, 6) is 1.50. The Bertz CT molecular complexity index is 1170. The highest BCUT2D eigenvalue weighted by Crippen LogP contribution is 2.28. The van der Waals surface area contributed by atoms with Crippen molar-refractivity contribution in [2.75, 3.05) is 20.3 Å². The highest BCUT2D eigenvalue weighted by atomic mass is 16.5. The van der Waals surface area contributed by atoms with Gasteiger partial charge < -0.3 is 14.8 Å². The van der Waals surface area contributed by atoms with E-state index in [1.807, 2.05) is 43.3 Å². The second kappa shape index (κ2) is 8.60. The average Bonchev–Trinajstić information content (AvgIpc) is 3.20. The van der Waals surface area contributed by atoms with Gasteiger partial charge in [-0.2, -0.15) is 4.52 Å². The number of aryl methyl sites for hydroxylation is 1. The van der Waals surface area contributed by atoms with E-state index in [4.69, 9.17) is 9.47 Å². The number of fused-ring (bicyclic) bond motifs is 1. The standard InChI is InChI=1S/C22H21N5O3/c1-15-7-9-16(10-8-15)22(28)23-13-14-30-20-12-11-19-24-25-21(27(19)26-20)17-5-3-4-6-18(17)29-2/h3-12H,13-14H2,1-2H3,(H,23,28). The first-order valence-corrected chi connectivity index (χ1v) is 9.49. The van der Waals surface area contributed by atoms with Crippen LogP contribution in [-0.2, 0) is 0 Å². The van der Waals surface area contributed by atoms with Crippen LogP contribution in [0.3, 0.4) is 0 Å². The molecule has 0 saturated carbocycles. The van der Waals surface area contributed by atoms with Gasteiger partial charge in [0, 0.05) is 11.6 Å². The summed E-state index contributed by atoms with van der Waals surface area (Å²) in [5.41, 5.74) is 3.10. The molecule has 0 atom stereocenters. The Morgan fingerprint density at radius 2 is 1.83 bits per heavy atom. The smallest absolute Gasteiger partial charge is 0.251 e. The highest BCUT2D eigenvalue weighted by molar-refractivity contribution is 5.94. The molecule has 0 aliphatic carbocycles. The normalized spacial score (nSPS) is 10.7. The number of nitrogens with one attached hydrogen (secondary N) is 1. The van der Waals surface area contributed by atoms with E-state index in [1.54, 1.807) is 35.9 Å². The van der Waals surface area contributed by atoms with Crippen LogP contribution >= 0.6 is 0 Å². The van der Waals surface area contributed by atoms with Gasteiger partial charge in [0.1, 0.15) is 12.4 Å². The molecular formula is C22H21N5O3. The predicted octanol–water partition coefficient (Wildman–Crippen LogP) is 2.92. The van der Waals surface area contributed by atoms with Gasteiger partial charge in [-0.05, 0) is 37.3 Å². The van der Waals surface area contributed by atoms with Gasteiger partial charge in [-0.1, -0.05) is 29.8 Å². The fraction of sp³-hybridized carbons (Fsp3) is 0.182. The second-order valence-corrected chi connectivity index (χ2v) is 6.64. The van der Waals surface area contributed by atoms with Crippen LogP contribution in [0.5, 0.6) is 11.6 Å². The Morgan fingerprint density at radius 1 is 1.03 bits per heavy atom. The van der Waals surface area contributed by atoms with E-state index in [0.717, 1.165) is 11.1 Å². The number of hydrogen-bond donors (Lipinski definition) is 1. The molecule has 152 valence electrons. The maximum atomic E-state index is 12.2. The molecule has 0 aliphatic rings. The third-order valence-corrected chi connectivity index (χ3v) is 4.54. The number of ether oxygens (including phenoxy) is 2. The van der Waals surface area contributed by atoms with Crippen LogP contribution in [0.1, 0.15) is 15.9 Å². The lowest BCUT2D eigenvalue weighted by atomic mass is 10.1. The number of carbonyl (C=O) groups excluding carboxylic acids is 1. The van der Waals surface area contributed by atoms with Crippen molar-refractivity contribution in [1.29, 1.82) is 0 Å². The largest absolute Gasteiger partial charge is 0.496 e. The lowest BCUT2D eigenvalue weighted by Crippen LogP contribution is -2.28. The third-order valence-electron chi connectivity index (χ3n) is 4.54. The van der Waals surface area contributed by atoms with E-state index >= 15 is 0 Å². The van der Waals surface area contributed by atoms with Gasteiger partial charge >= 0.3 is 0 Å². The monoisotopic (exact) mass is 403 g/mol. The molecule has 4 rings (SSSR count). The number of benzene rings is 2. The van der Waals surface area contributed by atoms with Gasteiger partial charge in [0.05, 0.1) is 19.2 Å². The maximum absolute atomic E-state index is 12.2. The molecule has 30 heavy (non-hydrogen) atoms. The minimum absolute atomic E-state index is 0.140. The van der Waals surface area contributed by atoms with E-state index < -0.39 is 0 Å². The van der Waals surface area contributed by atoms with Gasteiger partial charge in [-0.25, -0.2) is 0 Å². The van der Waals surface area contributed by atoms with Crippen molar-refractivity contribution in [1.82, 2.24) is 25.1 Å². The van der Waals surface area contributed by atoms with Crippen LogP contribution in [0.15, 0.2) is 60.7 Å². The number of para-hydroxylation sites is 1. The van der Waals surface area contributed by atoms with Crippen LogP contribution in [0.25, 0.3) is 17.0 Å². The van der Waals surface area contributed by atoms with Crippen LogP contribution in [0.2, 0.25) is 0 Å². The number of hydrogen-bond acceptors (Lipinski definition) is 6. The minimum Gasteiger partial charge on any atom is -0.496 e. The van der Waals surface area contributed by atoms with Crippen molar-refractivity contribution in [3.8, 4) is 23.0 Å². The first-order valence-electron chi connectivity index (χ1n) is 9.49. The van der Waals surface area contributed by atoms with Crippen molar-refractivity contribution in [2.45, 2.75) is 6.92 Å². The quantitative estimate of drug-likeness (QED) is 0.477. The zero-order valence-corrected chi connectivity index (χ0v) is 16.7. The molecule has 1 N–H and O–H groups in total. The van der Waals surface area contributed by atoms with Crippen molar-refractivity contribution in [3.63, 3.8) is 0 Å². The van der Waals surface area contributed by atoms with Gasteiger partial charge in [-0.15, -0.1) is 15.3 Å². The predicted molar refractivity (Wildman–Crippen MR) is 112 cm³/mol. The van der Waals surface area contributed by atoms with Crippen molar-refractivity contribution in [3.05, 3.63) is 71.8 Å². The molecule has 0 spiro atoms. The van der Waals surface area contributed by atoms with Crippen LogP contribution in [-0.4, -0.2) is 46.0 Å². The zero-order chi connectivity index (χ0) is 20.9. The van der Waals surface area contributed by atoms with E-state index in [9.17, 15) is 4.79 Å². The molecule has 0 bridgehead atoms. The maximum Gasteiger partial charge on any atom is 0.251 e. The number of nitrogens with zero attached hydrogens (tertiary/aromatic N) is 4. The molecule has 0 radical (unpaired) electrons. The topological polar surface area (TPSA) is 90.6 Å². The van der Waals surface area contributed by atoms with Gasteiger partial charge in [0.15, 0.2) is 11.5 Å². The molecular weight excluding hydrogens is 382 g/mol. The Labute approximate surface area is 173 Å². The summed E-state index contributed by atoms with van der Waals surface area (Å²) in [6, 6.07) is 18.4. The number of carbonyl (C=O) groups is 1. The molecule has 0 unspecified atom stereocenters. The molecule has 8 heteroatoms. The first kappa shape index (κ1) is 19.4. The lowest BCUT2D eigenvalue weighted by Gasteiger charge is -2.09. The van der Waals surface area contributed by atoms with Gasteiger partial charge in [0.2, 0.25) is 5.88 Å². The van der Waals surface area contributed by atoms with Crippen molar-refractivity contribution >= 4 is 11.6 Å². The number of amides is 1. The van der Waals surface area contributed by atoms with Gasteiger partial charge in [0.25, 0.3) is 5.91 Å². The summed E-state index contributed by atoms with van der Waals surface area (Å²) < 4.78 is 12.7. The van der Waals surface area contributed by atoms with Crippen molar-refractivity contribution in [2.24, 2.45) is 0 Å². The molecule has 2 heterocycles. The summed E-state index contributed by atoms with van der Waals surface area (Å²) in [4.78, 5) is 12.2. The van der Waals surface area contributed by atoms with Crippen LogP contribution in [0.4, 0.5) is 0 Å². The fourth-order valence-electron chi connectivity index (χ4n) is 2.97. The fourth-order valence-corrected chi connectivity index (χ4v) is 2.97. The van der Waals surface area contributed by atoms with E-state index in [1.165, 1.54) is 0 Å². The third kappa shape index (κ3) is 4.07. The van der Waals surface area contributed by atoms with E-state index in [0.29, 0.717) is 35.2 Å². The van der Waals surface area contributed by atoms with E-state index in [-0.39, 0.29) is 12.5 Å². The Kier molecular flexibility index (Phi) is 5.56. The lowest BCUT2D eigenvalue weighted by molar-refractivity contribution is 0.0946. The van der Waals surface area contributed by atoms with Crippen molar-refractivity contribution < 1.29 is 14.3 Å². The zero-order valence-electron chi connectivity index (χ0n) is 16.7. The molecule has 0 aliphatic heterocycles. The molecule has 4 aromatic rings. The number of methoxy groups -OCH3 is 1. The molecule has 2 aromatic heterocycles. The molecule has 0 fully saturated rings. The molecule has 1 amide bonds. The number of aromatic nitrogens is 4. The summed E-state index contributed by atoms with van der Waals surface area (Å²) in [7, 11) is 1.61. The SMILES string of the molecule is COc1ccccc1-c1nnc2ccc(OCCNC(=O)c3ccc(C)cc3)nn12. The summed E-state index contributed by atoms with van der Waals surface area (Å²) >= 11 is 0. The second-order valence-electron chi connectivity index (χ2n) is 6.64. The highest BCUT2D eigenvalue weighted by Gasteiger charge is 2.14. The molecule has 8 nitrogen and oxygen atoms in total. The Hall–Kier alpha value is -3.94. The molecule has 0 saturated heterocycles. The summed E-state index contributed by atoms with van der Waals surface area (Å²) in [6.07, 6.45) is 0.